The van der Waals surface area contributed by atoms with Crippen molar-refractivity contribution in [2.24, 2.45) is 0 Å². The average molecular weight is 344 g/mol. The lowest BCUT2D eigenvalue weighted by Gasteiger charge is -1.98. The molecule has 0 fully saturated rings. The predicted molar refractivity (Wildman–Crippen MR) is 71.4 cm³/mol. The van der Waals surface area contributed by atoms with Crippen LogP contribution in [0.15, 0.2) is 0 Å². The van der Waals surface area contributed by atoms with E-state index in [2.05, 4.69) is 28.4 Å². The Kier molecular flexibility index (Phi) is 20.8. The second kappa shape index (κ2) is 19.1. The van der Waals surface area contributed by atoms with E-state index < -0.39 is 24.6 Å². The molecule has 0 heterocycles. The monoisotopic (exact) mass is 344 g/mol. The molecular weight excluding hydrogens is 324 g/mol. The molecule has 0 aliphatic carbocycles. The minimum absolute atomic E-state index is 0.276. The summed E-state index contributed by atoms with van der Waals surface area (Å²) in [6.45, 7) is 1.53. The van der Waals surface area contributed by atoms with E-state index in [1.54, 1.807) is 6.92 Å². The van der Waals surface area contributed by atoms with Gasteiger partial charge < -0.3 is 38.6 Å². The Hall–Kier alpha value is -2.92. The van der Waals surface area contributed by atoms with Crippen LogP contribution in [0.2, 0.25) is 0 Å². The maximum absolute atomic E-state index is 9.97. The zero-order valence-electron chi connectivity index (χ0n) is 13.1. The van der Waals surface area contributed by atoms with Gasteiger partial charge in [0.25, 0.3) is 0 Å². The molecule has 0 amide bonds. The highest BCUT2D eigenvalue weighted by molar-refractivity contribution is 5.59. The minimum Gasteiger partial charge on any atom is -0.450 e. The molecule has 0 rings (SSSR count). The summed E-state index contributed by atoms with van der Waals surface area (Å²) in [5.41, 5.74) is 0. The molecule has 12 nitrogen and oxygen atoms in total. The van der Waals surface area contributed by atoms with Crippen LogP contribution in [0, 0.1) is 0 Å². The third-order valence-electron chi connectivity index (χ3n) is 1.30. The molecule has 0 aromatic rings. The van der Waals surface area contributed by atoms with Gasteiger partial charge in [-0.1, -0.05) is 0 Å². The second-order valence-electron chi connectivity index (χ2n) is 2.77. The molecule has 0 aliphatic heterocycles. The van der Waals surface area contributed by atoms with Crippen LogP contribution in [-0.2, 0) is 28.4 Å². The molecule has 136 valence electrons. The second-order valence-corrected chi connectivity index (χ2v) is 2.77. The number of rotatable bonds is 4. The Morgan fingerprint density at radius 3 is 1.17 bits per heavy atom. The van der Waals surface area contributed by atoms with Gasteiger partial charge in [-0.05, 0) is 6.92 Å². The van der Waals surface area contributed by atoms with Crippen molar-refractivity contribution in [1.82, 2.24) is 0 Å². The van der Waals surface area contributed by atoms with E-state index in [0.29, 0.717) is 6.61 Å². The quantitative estimate of drug-likeness (QED) is 0.430. The summed E-state index contributed by atoms with van der Waals surface area (Å²) in [7, 11) is 3.79. The molecule has 0 atom stereocenters. The summed E-state index contributed by atoms with van der Waals surface area (Å²) in [6, 6.07) is 0. The van der Waals surface area contributed by atoms with Crippen molar-refractivity contribution in [2.45, 2.75) is 6.92 Å². The van der Waals surface area contributed by atoms with Crippen molar-refractivity contribution in [3.05, 3.63) is 0 Å². The Balaban J connectivity index is -0.000000272. The van der Waals surface area contributed by atoms with Gasteiger partial charge in [-0.3, -0.25) is 0 Å². The van der Waals surface area contributed by atoms with E-state index in [4.69, 9.17) is 10.2 Å². The fourth-order valence-corrected chi connectivity index (χ4v) is 0.518. The summed E-state index contributed by atoms with van der Waals surface area (Å²) >= 11 is 0. The fraction of sp³-hybridized carbons (Fsp3) is 0.636. The van der Waals surface area contributed by atoms with Gasteiger partial charge in [0.15, 0.2) is 0 Å². The molecule has 0 saturated heterocycles. The van der Waals surface area contributed by atoms with Crippen molar-refractivity contribution in [2.75, 3.05) is 41.2 Å². The van der Waals surface area contributed by atoms with Crippen LogP contribution in [0.25, 0.3) is 0 Å². The van der Waals surface area contributed by atoms with Crippen LogP contribution >= 0.6 is 0 Å². The minimum atomic E-state index is -1.45. The highest BCUT2D eigenvalue weighted by Crippen LogP contribution is 1.79. The number of hydrogen-bond donors (Lipinski definition) is 2. The van der Waals surface area contributed by atoms with Crippen molar-refractivity contribution in [3.63, 3.8) is 0 Å². The van der Waals surface area contributed by atoms with Gasteiger partial charge in [0.1, 0.15) is 13.2 Å². The first-order valence-electron chi connectivity index (χ1n) is 5.79. The topological polar surface area (TPSA) is 164 Å². The largest absolute Gasteiger partial charge is 0.507 e. The van der Waals surface area contributed by atoms with Crippen LogP contribution < -0.4 is 0 Å². The number of carbonyl (C=O) groups is 4. The predicted octanol–water partition coefficient (Wildman–Crippen LogP) is 1.56. The lowest BCUT2D eigenvalue weighted by molar-refractivity contribution is 0.0472. The lowest BCUT2D eigenvalue weighted by Crippen LogP contribution is -2.10. The van der Waals surface area contributed by atoms with E-state index in [-0.39, 0.29) is 13.2 Å². The molecule has 0 saturated carbocycles. The van der Waals surface area contributed by atoms with E-state index in [9.17, 15) is 19.2 Å². The summed E-state index contributed by atoms with van der Waals surface area (Å²) in [5, 5.41) is 15.7. The van der Waals surface area contributed by atoms with Gasteiger partial charge in [-0.2, -0.15) is 0 Å². The number of methoxy groups -OCH3 is 3. The number of carboxylic acid groups (broad SMARTS) is 2. The van der Waals surface area contributed by atoms with Gasteiger partial charge >= 0.3 is 24.6 Å². The molecule has 0 aliphatic rings. The normalized spacial score (nSPS) is 7.83. The molecule has 2 N–H and O–H groups in total. The summed E-state index contributed by atoms with van der Waals surface area (Å²) < 4.78 is 24.4. The van der Waals surface area contributed by atoms with Gasteiger partial charge in [0.2, 0.25) is 0 Å². The van der Waals surface area contributed by atoms with Crippen LogP contribution in [0.5, 0.6) is 0 Å². The third kappa shape index (κ3) is 32.5. The molecule has 0 bridgehead atoms. The molecule has 12 heteroatoms. The van der Waals surface area contributed by atoms with Gasteiger partial charge in [-0.15, -0.1) is 0 Å². The molecular formula is C11H20O12. The summed E-state index contributed by atoms with van der Waals surface area (Å²) in [4.78, 5) is 38.9. The number of hydrogen-bond acceptors (Lipinski definition) is 10. The molecule has 0 unspecified atom stereocenters. The van der Waals surface area contributed by atoms with E-state index >= 15 is 0 Å². The van der Waals surface area contributed by atoms with Crippen LogP contribution in [-0.4, -0.2) is 76.0 Å². The maximum Gasteiger partial charge on any atom is 0.507 e. The van der Waals surface area contributed by atoms with Crippen LogP contribution in [0.4, 0.5) is 19.2 Å². The number of carbonyl (C=O) groups excluding carboxylic acids is 2. The van der Waals surface area contributed by atoms with E-state index in [0.717, 1.165) is 0 Å². The Bertz CT molecular complexity index is 318. The van der Waals surface area contributed by atoms with E-state index in [1.807, 2.05) is 0 Å². The summed E-state index contributed by atoms with van der Waals surface area (Å²) in [5.74, 6) is 0. The fourth-order valence-electron chi connectivity index (χ4n) is 0.518. The lowest BCUT2D eigenvalue weighted by atomic mass is 10.8. The Morgan fingerprint density at radius 1 is 0.696 bits per heavy atom. The van der Waals surface area contributed by atoms with Gasteiger partial charge in [-0.25, -0.2) is 19.2 Å². The maximum atomic E-state index is 9.97. The van der Waals surface area contributed by atoms with Crippen molar-refractivity contribution in [3.8, 4) is 0 Å². The standard InChI is InChI=1S/C4H6O6.C4H8O3.C3H6O3/c5-3(6)9-1-2-10-4(7)8;1-3-7-4(5)6-2;1-5-3(4)6-2/h1-2H2,(H,5,6)(H,7,8);3H2,1-2H3;1-2H3. The Labute approximate surface area is 131 Å². The van der Waals surface area contributed by atoms with Crippen molar-refractivity contribution in [1.29, 1.82) is 0 Å². The summed E-state index contributed by atoms with van der Waals surface area (Å²) in [6.07, 6.45) is -4.18. The van der Waals surface area contributed by atoms with Crippen LogP contribution in [0.1, 0.15) is 6.92 Å². The average Bonchev–Trinajstić information content (AvgIpc) is 2.51. The molecule has 0 aromatic carbocycles. The molecule has 0 aromatic heterocycles. The SMILES string of the molecule is CCOC(=O)OC.COC(=O)OC.O=C(O)OCCOC(=O)O. The van der Waals surface area contributed by atoms with Crippen molar-refractivity contribution >= 4 is 24.6 Å². The molecule has 0 spiro atoms. The highest BCUT2D eigenvalue weighted by Gasteiger charge is 1.98. The third-order valence-corrected chi connectivity index (χ3v) is 1.30. The first-order valence-corrected chi connectivity index (χ1v) is 5.79. The van der Waals surface area contributed by atoms with Crippen LogP contribution in [0.3, 0.4) is 0 Å². The van der Waals surface area contributed by atoms with Gasteiger partial charge in [0.05, 0.1) is 27.9 Å². The first kappa shape index (κ1) is 25.1. The van der Waals surface area contributed by atoms with Gasteiger partial charge in [0, 0.05) is 0 Å². The molecule has 0 radical (unpaired) electrons. The Morgan fingerprint density at radius 2 is 1.04 bits per heavy atom. The highest BCUT2D eigenvalue weighted by atomic mass is 16.7. The smallest absolute Gasteiger partial charge is 0.450 e. The van der Waals surface area contributed by atoms with Crippen molar-refractivity contribution < 1.29 is 57.8 Å². The van der Waals surface area contributed by atoms with E-state index in [1.165, 1.54) is 21.3 Å². The zero-order chi connectivity index (χ0) is 18.7. The first-order chi connectivity index (χ1) is 10.7. The zero-order valence-corrected chi connectivity index (χ0v) is 13.1. The number of ether oxygens (including phenoxy) is 6. The molecule has 23 heavy (non-hydrogen) atoms.